The number of amides is 1. The molecule has 4 aliphatic heterocycles. The Kier molecular flexibility index (Phi) is 5.96. The lowest BCUT2D eigenvalue weighted by molar-refractivity contribution is -0.0361. The highest BCUT2D eigenvalue weighted by Crippen LogP contribution is 2.44. The molecule has 3 saturated heterocycles. The fraction of sp³-hybridized carbons (Fsp3) is 0.387. The molecule has 1 unspecified atom stereocenters. The summed E-state index contributed by atoms with van der Waals surface area (Å²) in [6.45, 7) is 7.91. The van der Waals surface area contributed by atoms with Crippen LogP contribution in [0.1, 0.15) is 38.3 Å². The minimum atomic E-state index is -0.319. The van der Waals surface area contributed by atoms with E-state index in [1.165, 1.54) is 11.1 Å². The number of nitrogens with zero attached hydrogens (tertiary/aromatic N) is 1. The fourth-order valence-electron chi connectivity index (χ4n) is 5.94. The van der Waals surface area contributed by atoms with Crippen LogP contribution in [0.15, 0.2) is 72.8 Å². The molecule has 0 spiro atoms. The molecule has 3 fully saturated rings. The molecular formula is C31H34N2O3. The molecule has 1 N–H and O–H groups in total. The van der Waals surface area contributed by atoms with E-state index in [-0.39, 0.29) is 23.7 Å². The van der Waals surface area contributed by atoms with E-state index in [9.17, 15) is 4.79 Å². The second kappa shape index (κ2) is 9.29. The van der Waals surface area contributed by atoms with Crippen molar-refractivity contribution in [2.24, 2.45) is 11.3 Å². The topological polar surface area (TPSA) is 50.8 Å². The van der Waals surface area contributed by atoms with Gasteiger partial charge in [-0.1, -0.05) is 80.6 Å². The number of fused-ring (bicyclic) bond motifs is 4. The number of benzene rings is 3. The average molecular weight is 483 g/mol. The van der Waals surface area contributed by atoms with Crippen LogP contribution >= 0.6 is 0 Å². The molecule has 3 aromatic carbocycles. The van der Waals surface area contributed by atoms with Crippen molar-refractivity contribution in [1.82, 2.24) is 10.2 Å². The van der Waals surface area contributed by atoms with Crippen LogP contribution in [0.25, 0.3) is 22.3 Å². The molecule has 7 rings (SSSR count). The number of hydrogen-bond donors (Lipinski definition) is 1. The van der Waals surface area contributed by atoms with Crippen molar-refractivity contribution in [1.29, 1.82) is 0 Å². The van der Waals surface area contributed by atoms with Crippen molar-refractivity contribution in [3.63, 3.8) is 0 Å². The van der Waals surface area contributed by atoms with Crippen LogP contribution in [0.3, 0.4) is 0 Å². The van der Waals surface area contributed by atoms with Crippen molar-refractivity contribution in [2.75, 3.05) is 26.2 Å². The third-order valence-electron chi connectivity index (χ3n) is 8.15. The zero-order valence-corrected chi connectivity index (χ0v) is 21.1. The quantitative estimate of drug-likeness (QED) is 0.474. The Morgan fingerprint density at radius 3 is 2.22 bits per heavy atom. The predicted molar refractivity (Wildman–Crippen MR) is 142 cm³/mol. The van der Waals surface area contributed by atoms with Gasteiger partial charge in [0, 0.05) is 17.5 Å². The lowest BCUT2D eigenvalue weighted by atomic mass is 9.78. The molecule has 1 amide bonds. The first-order valence-corrected chi connectivity index (χ1v) is 13.1. The first-order chi connectivity index (χ1) is 17.5. The zero-order valence-electron chi connectivity index (χ0n) is 21.1. The fourth-order valence-corrected chi connectivity index (χ4v) is 5.94. The van der Waals surface area contributed by atoms with Gasteiger partial charge in [0.05, 0.1) is 12.6 Å². The summed E-state index contributed by atoms with van der Waals surface area (Å²) in [6, 6.07) is 25.1. The van der Waals surface area contributed by atoms with Gasteiger partial charge in [0.25, 0.3) is 0 Å². The van der Waals surface area contributed by atoms with E-state index in [0.29, 0.717) is 12.5 Å². The molecule has 36 heavy (non-hydrogen) atoms. The maximum Gasteiger partial charge on any atom is 0.407 e. The predicted octanol–water partition coefficient (Wildman–Crippen LogP) is 6.30. The Labute approximate surface area is 213 Å². The van der Waals surface area contributed by atoms with E-state index in [4.69, 9.17) is 9.47 Å². The third-order valence-corrected chi connectivity index (χ3v) is 8.15. The SMILES string of the molecule is CC1(C)COc2cc(-c3ccc(-c4ccccc4)cc3)ccc2C1NC(=O)O[C@@H]1CN2CCC1CC2. The van der Waals surface area contributed by atoms with Crippen molar-refractivity contribution in [2.45, 2.75) is 38.8 Å². The van der Waals surface area contributed by atoms with Gasteiger partial charge in [0.1, 0.15) is 11.9 Å². The van der Waals surface area contributed by atoms with Gasteiger partial charge in [-0.25, -0.2) is 4.79 Å². The molecule has 5 nitrogen and oxygen atoms in total. The minimum absolute atomic E-state index is 0.00356. The second-order valence-electron chi connectivity index (χ2n) is 11.1. The second-order valence-corrected chi connectivity index (χ2v) is 11.1. The maximum absolute atomic E-state index is 13.0. The van der Waals surface area contributed by atoms with Gasteiger partial charge in [0.15, 0.2) is 0 Å². The molecule has 0 radical (unpaired) electrons. The molecule has 4 aliphatic rings. The first kappa shape index (κ1) is 23.1. The molecule has 3 aromatic rings. The van der Waals surface area contributed by atoms with E-state index < -0.39 is 0 Å². The van der Waals surface area contributed by atoms with Crippen molar-refractivity contribution in [3.05, 3.63) is 78.4 Å². The molecule has 2 bridgehead atoms. The highest BCUT2D eigenvalue weighted by atomic mass is 16.6. The van der Waals surface area contributed by atoms with Crippen LogP contribution in [0.2, 0.25) is 0 Å². The standard InChI is InChI=1S/C31H34N2O3/c1-31(2)20-35-27-18-25(23-10-8-22(9-11-23)21-6-4-3-5-7-21)12-13-26(27)29(31)32-30(34)36-28-19-33-16-14-24(28)15-17-33/h3-13,18,24,28-29H,14-17,19-20H2,1-2H3,(H,32,34)/t28-,29?/m1/s1. The summed E-state index contributed by atoms with van der Waals surface area (Å²) in [5, 5.41) is 3.20. The summed E-state index contributed by atoms with van der Waals surface area (Å²) in [4.78, 5) is 15.4. The van der Waals surface area contributed by atoms with E-state index in [0.717, 1.165) is 54.9 Å². The molecule has 4 heterocycles. The minimum Gasteiger partial charge on any atom is -0.493 e. The highest BCUT2D eigenvalue weighted by Gasteiger charge is 2.41. The maximum atomic E-state index is 13.0. The van der Waals surface area contributed by atoms with E-state index in [1.807, 2.05) is 6.07 Å². The number of rotatable bonds is 4. The normalized spacial score (nSPS) is 25.9. The molecular weight excluding hydrogens is 448 g/mol. The molecule has 0 aliphatic carbocycles. The smallest absolute Gasteiger partial charge is 0.407 e. The molecule has 0 saturated carbocycles. The Balaban J connectivity index is 1.20. The first-order valence-electron chi connectivity index (χ1n) is 13.1. The molecule has 5 heteroatoms. The number of carbonyl (C=O) groups excluding carboxylic acids is 1. The number of alkyl carbamates (subject to hydrolysis) is 1. The van der Waals surface area contributed by atoms with Crippen molar-refractivity contribution < 1.29 is 14.3 Å². The van der Waals surface area contributed by atoms with Gasteiger partial charge in [-0.05, 0) is 60.2 Å². The monoisotopic (exact) mass is 482 g/mol. The van der Waals surface area contributed by atoms with Gasteiger partial charge < -0.3 is 14.8 Å². The Bertz CT molecular complexity index is 1230. The number of ether oxygens (including phenoxy) is 2. The van der Waals surface area contributed by atoms with Crippen LogP contribution in [-0.4, -0.2) is 43.3 Å². The van der Waals surface area contributed by atoms with E-state index in [1.54, 1.807) is 0 Å². The number of nitrogens with one attached hydrogen (secondary N) is 1. The van der Waals surface area contributed by atoms with Gasteiger partial charge in [-0.15, -0.1) is 0 Å². The summed E-state index contributed by atoms with van der Waals surface area (Å²) in [5.74, 6) is 1.32. The third kappa shape index (κ3) is 4.48. The summed E-state index contributed by atoms with van der Waals surface area (Å²) < 4.78 is 12.1. The average Bonchev–Trinajstić information content (AvgIpc) is 2.91. The Morgan fingerprint density at radius 1 is 0.917 bits per heavy atom. The summed E-state index contributed by atoms with van der Waals surface area (Å²) in [6.07, 6.45) is 1.92. The van der Waals surface area contributed by atoms with Crippen LogP contribution in [-0.2, 0) is 4.74 Å². The van der Waals surface area contributed by atoms with Gasteiger partial charge in [0.2, 0.25) is 0 Å². The summed E-state index contributed by atoms with van der Waals surface area (Å²) >= 11 is 0. The van der Waals surface area contributed by atoms with Crippen molar-refractivity contribution in [3.8, 4) is 28.0 Å². The summed E-state index contributed by atoms with van der Waals surface area (Å²) in [5.41, 5.74) is 5.39. The molecule has 186 valence electrons. The number of piperidine rings is 3. The van der Waals surface area contributed by atoms with Crippen LogP contribution < -0.4 is 10.1 Å². The lowest BCUT2D eigenvalue weighted by Gasteiger charge is -2.44. The van der Waals surface area contributed by atoms with Crippen LogP contribution in [0, 0.1) is 11.3 Å². The Hall–Kier alpha value is -3.31. The van der Waals surface area contributed by atoms with Gasteiger partial charge in [-0.3, -0.25) is 4.90 Å². The van der Waals surface area contributed by atoms with E-state index in [2.05, 4.69) is 90.8 Å². The Morgan fingerprint density at radius 2 is 1.56 bits per heavy atom. The van der Waals surface area contributed by atoms with Gasteiger partial charge in [-0.2, -0.15) is 0 Å². The molecule has 0 aromatic heterocycles. The lowest BCUT2D eigenvalue weighted by Crippen LogP contribution is -2.53. The van der Waals surface area contributed by atoms with E-state index >= 15 is 0 Å². The van der Waals surface area contributed by atoms with Crippen molar-refractivity contribution >= 4 is 6.09 Å². The molecule has 2 atom stereocenters. The number of hydrogen-bond acceptors (Lipinski definition) is 4. The zero-order chi connectivity index (χ0) is 24.7. The highest BCUT2D eigenvalue weighted by molar-refractivity contribution is 5.73. The largest absolute Gasteiger partial charge is 0.493 e. The van der Waals surface area contributed by atoms with Crippen LogP contribution in [0.5, 0.6) is 5.75 Å². The number of carbonyl (C=O) groups is 1. The summed E-state index contributed by atoms with van der Waals surface area (Å²) in [7, 11) is 0. The van der Waals surface area contributed by atoms with Gasteiger partial charge >= 0.3 is 6.09 Å². The van der Waals surface area contributed by atoms with Crippen LogP contribution in [0.4, 0.5) is 4.79 Å².